The molecule has 0 spiro atoms. The summed E-state index contributed by atoms with van der Waals surface area (Å²) < 4.78 is 0. The summed E-state index contributed by atoms with van der Waals surface area (Å²) in [5.74, 6) is -0.727. The molecule has 0 aromatic rings. The molecule has 0 aliphatic heterocycles. The van der Waals surface area contributed by atoms with Gasteiger partial charge in [0.15, 0.2) is 6.04 Å². The predicted molar refractivity (Wildman–Crippen MR) is 57.0 cm³/mol. The van der Waals surface area contributed by atoms with Crippen molar-refractivity contribution in [2.24, 2.45) is 5.92 Å². The molecule has 0 bridgehead atoms. The molecule has 0 saturated heterocycles. The van der Waals surface area contributed by atoms with Crippen LogP contribution in [0.3, 0.4) is 0 Å². The van der Waals surface area contributed by atoms with Crippen LogP contribution in [-0.4, -0.2) is 40.9 Å². The van der Waals surface area contributed by atoms with Crippen LogP contribution in [0.4, 0.5) is 4.79 Å². The number of carboxylic acids is 1. The zero-order valence-electron chi connectivity index (χ0n) is 9.27. The second-order valence-corrected chi connectivity index (χ2v) is 4.21. The first-order chi connectivity index (χ1) is 7.50. The normalized spacial score (nSPS) is 19.4. The van der Waals surface area contributed by atoms with Gasteiger partial charge in [0.1, 0.15) is 0 Å². The largest absolute Gasteiger partial charge is 0.480 e. The van der Waals surface area contributed by atoms with Crippen LogP contribution in [0.2, 0.25) is 0 Å². The van der Waals surface area contributed by atoms with E-state index >= 15 is 0 Å². The Balaban J connectivity index is 2.27. The Labute approximate surface area is 94.0 Å². The summed E-state index contributed by atoms with van der Waals surface area (Å²) >= 11 is 0. The number of carbonyl (C=O) groups excluding carboxylic acids is 1. The Kier molecular flexibility index (Phi) is 4.54. The number of rotatable bonds is 5. The van der Waals surface area contributed by atoms with E-state index in [1.54, 1.807) is 0 Å². The molecular weight excluding hydrogens is 212 g/mol. The Hall–Kier alpha value is -1.30. The summed E-state index contributed by atoms with van der Waals surface area (Å²) in [6.45, 7) is 1.89. The smallest absolute Gasteiger partial charge is 0.328 e. The van der Waals surface area contributed by atoms with Crippen molar-refractivity contribution in [3.05, 3.63) is 0 Å². The maximum Gasteiger partial charge on any atom is 0.328 e. The van der Waals surface area contributed by atoms with E-state index in [1.165, 1.54) is 13.3 Å². The molecule has 4 N–H and O–H groups in total. The van der Waals surface area contributed by atoms with Gasteiger partial charge < -0.3 is 20.8 Å². The third-order valence-electron chi connectivity index (χ3n) is 2.81. The molecule has 6 nitrogen and oxygen atoms in total. The van der Waals surface area contributed by atoms with Gasteiger partial charge in [0.25, 0.3) is 0 Å². The second kappa shape index (κ2) is 5.69. The lowest BCUT2D eigenvalue weighted by molar-refractivity contribution is -0.141. The number of urea groups is 1. The molecule has 0 heterocycles. The van der Waals surface area contributed by atoms with E-state index in [0.29, 0.717) is 12.5 Å². The summed E-state index contributed by atoms with van der Waals surface area (Å²) in [5, 5.41) is 22.7. The first-order valence-electron chi connectivity index (χ1n) is 5.46. The molecule has 1 aliphatic rings. The second-order valence-electron chi connectivity index (χ2n) is 4.21. The van der Waals surface area contributed by atoms with Crippen molar-refractivity contribution in [2.75, 3.05) is 6.54 Å². The summed E-state index contributed by atoms with van der Waals surface area (Å²) in [6, 6.07) is -1.80. The van der Waals surface area contributed by atoms with Crippen LogP contribution in [0.1, 0.15) is 26.2 Å². The lowest BCUT2D eigenvalue weighted by atomic mass is 9.85. The molecule has 0 radical (unpaired) electrons. The van der Waals surface area contributed by atoms with Gasteiger partial charge in [0.2, 0.25) is 0 Å². The minimum atomic E-state index is -1.26. The maximum absolute atomic E-state index is 11.3. The number of aliphatic carboxylic acids is 1. The quantitative estimate of drug-likeness (QED) is 0.531. The van der Waals surface area contributed by atoms with Crippen molar-refractivity contribution in [1.82, 2.24) is 10.6 Å². The van der Waals surface area contributed by atoms with Crippen molar-refractivity contribution in [3.8, 4) is 0 Å². The van der Waals surface area contributed by atoms with Crippen LogP contribution in [0.25, 0.3) is 0 Å². The molecule has 92 valence electrons. The highest BCUT2D eigenvalue weighted by molar-refractivity contribution is 5.82. The number of hydrogen-bond donors (Lipinski definition) is 4. The van der Waals surface area contributed by atoms with E-state index in [-0.39, 0.29) is 0 Å². The zero-order chi connectivity index (χ0) is 12.1. The molecule has 1 saturated carbocycles. The summed E-state index contributed by atoms with van der Waals surface area (Å²) in [5.41, 5.74) is 0. The van der Waals surface area contributed by atoms with Gasteiger partial charge in [-0.3, -0.25) is 0 Å². The molecule has 2 atom stereocenters. The average molecular weight is 230 g/mol. The first-order valence-corrected chi connectivity index (χ1v) is 5.46. The number of carbonyl (C=O) groups is 2. The van der Waals surface area contributed by atoms with Crippen molar-refractivity contribution in [1.29, 1.82) is 0 Å². The SMILES string of the molecule is CC(O)C(NC(=O)NCC1CCC1)C(=O)O. The van der Waals surface area contributed by atoms with Crippen molar-refractivity contribution >= 4 is 12.0 Å². The summed E-state index contributed by atoms with van der Waals surface area (Å²) in [4.78, 5) is 22.0. The molecule has 2 amide bonds. The van der Waals surface area contributed by atoms with E-state index in [2.05, 4.69) is 10.6 Å². The molecule has 1 fully saturated rings. The molecule has 0 aromatic carbocycles. The number of aliphatic hydroxyl groups excluding tert-OH is 1. The molecule has 16 heavy (non-hydrogen) atoms. The lowest BCUT2D eigenvalue weighted by Crippen LogP contribution is -2.51. The standard InChI is InChI=1S/C10H18N2O4/c1-6(13)8(9(14)15)12-10(16)11-5-7-3-2-4-7/h6-8,13H,2-5H2,1H3,(H,14,15)(H2,11,12,16). The number of carboxylic acid groups (broad SMARTS) is 1. The van der Waals surface area contributed by atoms with E-state index in [9.17, 15) is 9.59 Å². The highest BCUT2D eigenvalue weighted by Gasteiger charge is 2.25. The summed E-state index contributed by atoms with van der Waals surface area (Å²) in [7, 11) is 0. The highest BCUT2D eigenvalue weighted by atomic mass is 16.4. The van der Waals surface area contributed by atoms with E-state index < -0.39 is 24.1 Å². The van der Waals surface area contributed by atoms with Crippen LogP contribution in [-0.2, 0) is 4.79 Å². The molecule has 2 unspecified atom stereocenters. The molecule has 1 rings (SSSR count). The maximum atomic E-state index is 11.3. The first kappa shape index (κ1) is 12.8. The third kappa shape index (κ3) is 3.69. The lowest BCUT2D eigenvalue weighted by Gasteiger charge is -2.26. The van der Waals surface area contributed by atoms with Gasteiger partial charge in [-0.1, -0.05) is 6.42 Å². The minimum absolute atomic E-state index is 0.514. The van der Waals surface area contributed by atoms with Crippen LogP contribution in [0.5, 0.6) is 0 Å². The number of amides is 2. The Morgan fingerprint density at radius 2 is 2.06 bits per heavy atom. The fourth-order valence-electron chi connectivity index (χ4n) is 1.51. The van der Waals surface area contributed by atoms with Crippen molar-refractivity contribution in [3.63, 3.8) is 0 Å². The summed E-state index contributed by atoms with van der Waals surface area (Å²) in [6.07, 6.45) is 2.30. The van der Waals surface area contributed by atoms with Gasteiger partial charge in [0, 0.05) is 6.54 Å². The number of nitrogens with one attached hydrogen (secondary N) is 2. The van der Waals surface area contributed by atoms with Crippen molar-refractivity contribution < 1.29 is 19.8 Å². The van der Waals surface area contributed by atoms with E-state index in [4.69, 9.17) is 10.2 Å². The van der Waals surface area contributed by atoms with Crippen LogP contribution >= 0.6 is 0 Å². The van der Waals surface area contributed by atoms with Gasteiger partial charge >= 0.3 is 12.0 Å². The van der Waals surface area contributed by atoms with E-state index in [0.717, 1.165) is 12.8 Å². The minimum Gasteiger partial charge on any atom is -0.480 e. The van der Waals surface area contributed by atoms with Gasteiger partial charge in [-0.2, -0.15) is 0 Å². The Morgan fingerprint density at radius 1 is 1.44 bits per heavy atom. The highest BCUT2D eigenvalue weighted by Crippen LogP contribution is 2.24. The fourth-order valence-corrected chi connectivity index (χ4v) is 1.51. The Morgan fingerprint density at radius 3 is 2.44 bits per heavy atom. The number of aliphatic hydroxyl groups is 1. The molecule has 0 aromatic heterocycles. The van der Waals surface area contributed by atoms with E-state index in [1.807, 2.05) is 0 Å². The third-order valence-corrected chi connectivity index (χ3v) is 2.81. The average Bonchev–Trinajstić information content (AvgIpc) is 2.10. The molecule has 6 heteroatoms. The van der Waals surface area contributed by atoms with Crippen LogP contribution in [0.15, 0.2) is 0 Å². The van der Waals surface area contributed by atoms with Crippen LogP contribution in [0, 0.1) is 5.92 Å². The molecule has 1 aliphatic carbocycles. The van der Waals surface area contributed by atoms with Gasteiger partial charge in [-0.05, 0) is 25.7 Å². The van der Waals surface area contributed by atoms with Crippen LogP contribution < -0.4 is 10.6 Å². The van der Waals surface area contributed by atoms with Gasteiger partial charge in [-0.25, -0.2) is 9.59 Å². The zero-order valence-corrected chi connectivity index (χ0v) is 9.27. The topological polar surface area (TPSA) is 98.7 Å². The van der Waals surface area contributed by atoms with Gasteiger partial charge in [-0.15, -0.1) is 0 Å². The fraction of sp³-hybridized carbons (Fsp3) is 0.800. The number of hydrogen-bond acceptors (Lipinski definition) is 3. The Bertz CT molecular complexity index is 264. The van der Waals surface area contributed by atoms with Crippen molar-refractivity contribution in [2.45, 2.75) is 38.3 Å². The van der Waals surface area contributed by atoms with Gasteiger partial charge in [0.05, 0.1) is 6.10 Å². The predicted octanol–water partition coefficient (Wildman–Crippen LogP) is -0.0803. The molecular formula is C10H18N2O4. The monoisotopic (exact) mass is 230 g/mol.